The van der Waals surface area contributed by atoms with Gasteiger partial charge in [0.25, 0.3) is 3.01 Å². The van der Waals surface area contributed by atoms with Crippen molar-refractivity contribution >= 4 is 66.7 Å². The van der Waals surface area contributed by atoms with Crippen molar-refractivity contribution in [3.8, 4) is 11.1 Å². The molecule has 4 nitrogen and oxygen atoms in total. The molecular weight excluding hydrogens is 642 g/mol. The molecule has 1 heterocycles. The summed E-state index contributed by atoms with van der Waals surface area (Å²) in [4.78, 5) is 7.31. The summed E-state index contributed by atoms with van der Waals surface area (Å²) in [7, 11) is -4.16. The van der Waals surface area contributed by atoms with E-state index >= 15 is 0 Å². The second-order valence-corrected chi connectivity index (χ2v) is 13.6. The molecule has 3 aromatic carbocycles. The van der Waals surface area contributed by atoms with E-state index in [0.717, 1.165) is 13.0 Å². The number of sulfone groups is 1. The van der Waals surface area contributed by atoms with Crippen molar-refractivity contribution in [1.82, 2.24) is 9.97 Å². The number of nitrogens with zero attached hydrogens (tertiary/aromatic N) is 1. The highest BCUT2D eigenvalue weighted by Crippen LogP contribution is 2.44. The van der Waals surface area contributed by atoms with Gasteiger partial charge in [0.1, 0.15) is 11.3 Å². The molecular formula is C23H15Cl2F4IN2O2S. The molecule has 0 bridgehead atoms. The molecule has 1 atom stereocenters. The van der Waals surface area contributed by atoms with Crippen LogP contribution in [0.2, 0.25) is 10.0 Å². The predicted molar refractivity (Wildman–Crippen MR) is 137 cm³/mol. The van der Waals surface area contributed by atoms with Crippen LogP contribution in [0, 0.1) is 0 Å². The standard InChI is InChI=1S/C23H15Cl2F4IN2O2S/c1-22(26,30)35(33,34)13-8-6-12(7-9-13)10-18-31-17-11-16(24)19(20(25)21(17)32-18)14-4-2-3-5-15(14)23(27,28)29/h2-9,11H,10H2,1H3,(H,31,32). The lowest BCUT2D eigenvalue weighted by Gasteiger charge is -2.15. The number of nitrogens with one attached hydrogen (secondary N) is 1. The Labute approximate surface area is 221 Å². The average molecular weight is 657 g/mol. The Kier molecular flexibility index (Phi) is 6.88. The van der Waals surface area contributed by atoms with Crippen LogP contribution in [0.25, 0.3) is 22.2 Å². The van der Waals surface area contributed by atoms with Crippen molar-refractivity contribution in [2.45, 2.75) is 27.4 Å². The lowest BCUT2D eigenvalue weighted by molar-refractivity contribution is -0.137. The Balaban J connectivity index is 1.72. The summed E-state index contributed by atoms with van der Waals surface area (Å²) < 4.78 is 76.7. The van der Waals surface area contributed by atoms with Crippen LogP contribution in [-0.4, -0.2) is 21.4 Å². The van der Waals surface area contributed by atoms with Crippen LogP contribution in [0.5, 0.6) is 0 Å². The van der Waals surface area contributed by atoms with Crippen LogP contribution in [0.4, 0.5) is 17.6 Å². The molecule has 0 aliphatic rings. The number of rotatable bonds is 5. The maximum atomic E-state index is 14.0. The Bertz CT molecular complexity index is 1530. The van der Waals surface area contributed by atoms with Crippen LogP contribution in [0.15, 0.2) is 59.5 Å². The van der Waals surface area contributed by atoms with Gasteiger partial charge in [-0.2, -0.15) is 13.2 Å². The van der Waals surface area contributed by atoms with E-state index in [0.29, 0.717) is 16.9 Å². The van der Waals surface area contributed by atoms with Crippen LogP contribution >= 0.6 is 45.8 Å². The van der Waals surface area contributed by atoms with Gasteiger partial charge in [-0.15, -0.1) is 0 Å². The zero-order chi connectivity index (χ0) is 25.8. The number of aromatic nitrogens is 2. The summed E-state index contributed by atoms with van der Waals surface area (Å²) in [5.74, 6) is 0.430. The van der Waals surface area contributed by atoms with E-state index < -0.39 is 24.6 Å². The fourth-order valence-corrected chi connectivity index (χ4v) is 5.97. The molecule has 0 aliphatic carbocycles. The van der Waals surface area contributed by atoms with E-state index in [4.69, 9.17) is 23.2 Å². The number of H-pyrrole nitrogens is 1. The minimum Gasteiger partial charge on any atom is -0.342 e. The Hall–Kier alpha value is -1.89. The van der Waals surface area contributed by atoms with E-state index in [2.05, 4.69) is 9.97 Å². The zero-order valence-corrected chi connectivity index (χ0v) is 22.2. The van der Waals surface area contributed by atoms with Gasteiger partial charge in [0.2, 0.25) is 9.84 Å². The van der Waals surface area contributed by atoms with Gasteiger partial charge >= 0.3 is 6.18 Å². The second kappa shape index (κ2) is 9.20. The van der Waals surface area contributed by atoms with Crippen molar-refractivity contribution in [1.29, 1.82) is 0 Å². The highest BCUT2D eigenvalue weighted by atomic mass is 127. The number of fused-ring (bicyclic) bond motifs is 1. The number of hydrogen-bond acceptors (Lipinski definition) is 3. The van der Waals surface area contributed by atoms with Gasteiger partial charge in [-0.05, 0) is 64.9 Å². The summed E-state index contributed by atoms with van der Waals surface area (Å²) >= 11 is 14.1. The Morgan fingerprint density at radius 3 is 2.26 bits per heavy atom. The molecule has 0 saturated heterocycles. The molecule has 1 unspecified atom stereocenters. The first-order valence-electron chi connectivity index (χ1n) is 9.94. The van der Waals surface area contributed by atoms with Gasteiger partial charge in [0, 0.05) is 12.0 Å². The summed E-state index contributed by atoms with van der Waals surface area (Å²) in [6.45, 7) is 0.960. The van der Waals surface area contributed by atoms with E-state index in [9.17, 15) is 26.0 Å². The lowest BCUT2D eigenvalue weighted by Crippen LogP contribution is -2.22. The zero-order valence-electron chi connectivity index (χ0n) is 17.7. The number of alkyl halides is 5. The molecule has 4 rings (SSSR count). The highest BCUT2D eigenvalue weighted by molar-refractivity contribution is 14.1. The third-order valence-corrected chi connectivity index (χ3v) is 9.54. The maximum Gasteiger partial charge on any atom is 0.417 e. The van der Waals surface area contributed by atoms with Crippen molar-refractivity contribution in [3.63, 3.8) is 0 Å². The number of halogens is 7. The molecule has 0 spiro atoms. The van der Waals surface area contributed by atoms with Crippen LogP contribution in [-0.2, 0) is 22.4 Å². The normalized spacial score (nSPS) is 14.3. The minimum absolute atomic E-state index is 0.0226. The first-order valence-corrected chi connectivity index (χ1v) is 13.3. The number of hydrogen-bond donors (Lipinski definition) is 1. The van der Waals surface area contributed by atoms with Crippen molar-refractivity contribution in [2.24, 2.45) is 0 Å². The first-order chi connectivity index (χ1) is 16.2. The first kappa shape index (κ1) is 26.2. The second-order valence-electron chi connectivity index (χ2n) is 7.80. The van der Waals surface area contributed by atoms with E-state index in [1.807, 2.05) is 0 Å². The molecule has 1 aromatic heterocycles. The van der Waals surface area contributed by atoms with Gasteiger partial charge in [0.05, 0.1) is 26.0 Å². The van der Waals surface area contributed by atoms with Crippen LogP contribution in [0.3, 0.4) is 0 Å². The Morgan fingerprint density at radius 2 is 1.66 bits per heavy atom. The largest absolute Gasteiger partial charge is 0.417 e. The van der Waals surface area contributed by atoms with Gasteiger partial charge in [0.15, 0.2) is 0 Å². The number of benzene rings is 3. The molecule has 0 aliphatic heterocycles. The highest BCUT2D eigenvalue weighted by Gasteiger charge is 2.37. The maximum absolute atomic E-state index is 14.0. The molecule has 0 fully saturated rings. The number of imidazole rings is 1. The SMILES string of the molecule is CC(F)(I)S(=O)(=O)c1ccc(Cc2nc3c(Cl)c(-c4ccccc4C(F)(F)F)c(Cl)cc3[nH]2)cc1. The van der Waals surface area contributed by atoms with Gasteiger partial charge in [-0.1, -0.05) is 53.5 Å². The number of aromatic amines is 1. The summed E-state index contributed by atoms with van der Waals surface area (Å²) in [6, 6.07) is 12.1. The monoisotopic (exact) mass is 656 g/mol. The molecule has 184 valence electrons. The average Bonchev–Trinajstić information content (AvgIpc) is 3.15. The van der Waals surface area contributed by atoms with E-state index in [1.165, 1.54) is 71.1 Å². The molecule has 4 aromatic rings. The van der Waals surface area contributed by atoms with Crippen molar-refractivity contribution in [3.05, 3.63) is 81.6 Å². The van der Waals surface area contributed by atoms with Crippen molar-refractivity contribution < 1.29 is 26.0 Å². The Morgan fingerprint density at radius 1 is 1.03 bits per heavy atom. The van der Waals surface area contributed by atoms with Crippen molar-refractivity contribution in [2.75, 3.05) is 0 Å². The van der Waals surface area contributed by atoms with Gasteiger partial charge in [-0.3, -0.25) is 0 Å². The predicted octanol–water partition coefficient (Wildman–Crippen LogP) is 8.00. The molecule has 12 heteroatoms. The van der Waals surface area contributed by atoms with Gasteiger partial charge in [-0.25, -0.2) is 17.8 Å². The molecule has 0 radical (unpaired) electrons. The van der Waals surface area contributed by atoms with E-state index in [-0.39, 0.29) is 38.0 Å². The molecule has 1 N–H and O–H groups in total. The summed E-state index contributed by atoms with van der Waals surface area (Å²) in [6.07, 6.45) is -4.37. The fraction of sp³-hybridized carbons (Fsp3) is 0.174. The molecule has 35 heavy (non-hydrogen) atoms. The lowest BCUT2D eigenvalue weighted by atomic mass is 9.98. The minimum atomic E-state index is -4.61. The summed E-state index contributed by atoms with van der Waals surface area (Å²) in [5, 5.41) is -0.00514. The summed E-state index contributed by atoms with van der Waals surface area (Å²) in [5.41, 5.74) is 0.338. The third-order valence-electron chi connectivity index (χ3n) is 5.30. The van der Waals surface area contributed by atoms with Crippen LogP contribution < -0.4 is 0 Å². The third kappa shape index (κ3) is 5.03. The van der Waals surface area contributed by atoms with Crippen LogP contribution in [0.1, 0.15) is 23.9 Å². The van der Waals surface area contributed by atoms with Gasteiger partial charge < -0.3 is 4.98 Å². The molecule has 0 saturated carbocycles. The smallest absolute Gasteiger partial charge is 0.342 e. The quantitative estimate of drug-likeness (QED) is 0.135. The topological polar surface area (TPSA) is 62.8 Å². The fourth-order valence-electron chi connectivity index (χ4n) is 3.60. The van der Waals surface area contributed by atoms with E-state index in [1.54, 1.807) is 0 Å². The molecule has 0 amide bonds.